The lowest BCUT2D eigenvalue weighted by atomic mass is 10.4. The first-order chi connectivity index (χ1) is 6.35. The van der Waals surface area contributed by atoms with Crippen LogP contribution in [-0.2, 0) is 6.54 Å². The van der Waals surface area contributed by atoms with Crippen LogP contribution < -0.4 is 5.32 Å². The summed E-state index contributed by atoms with van der Waals surface area (Å²) in [5, 5.41) is 3.39. The molecule has 0 aromatic carbocycles. The molecule has 1 heterocycles. The third kappa shape index (κ3) is 2.25. The first-order valence-electron chi connectivity index (χ1n) is 4.48. The van der Waals surface area contributed by atoms with Crippen LogP contribution in [-0.4, -0.2) is 22.5 Å². The Morgan fingerprint density at radius 1 is 1.69 bits per heavy atom. The molecule has 0 amide bonds. The Hall–Kier alpha value is -0.480. The molecular weight excluding hydrogens is 184 g/mol. The monoisotopic (exact) mass is 198 g/mol. The predicted octanol–water partition coefficient (Wildman–Crippen LogP) is 1.66. The number of oxazole rings is 1. The molecule has 13 heavy (non-hydrogen) atoms. The molecule has 1 fully saturated rings. The zero-order valence-electron chi connectivity index (χ0n) is 7.75. The summed E-state index contributed by atoms with van der Waals surface area (Å²) in [6, 6.07) is 0. The van der Waals surface area contributed by atoms with Crippen LogP contribution in [0.5, 0.6) is 0 Å². The van der Waals surface area contributed by atoms with E-state index in [1.165, 1.54) is 19.2 Å². The van der Waals surface area contributed by atoms with Crippen molar-refractivity contribution in [1.29, 1.82) is 0 Å². The van der Waals surface area contributed by atoms with E-state index in [0.29, 0.717) is 4.75 Å². The van der Waals surface area contributed by atoms with Crippen molar-refractivity contribution in [3.8, 4) is 0 Å². The van der Waals surface area contributed by atoms with Gasteiger partial charge in [0.05, 0.1) is 12.7 Å². The van der Waals surface area contributed by atoms with Gasteiger partial charge in [0.2, 0.25) is 0 Å². The van der Waals surface area contributed by atoms with E-state index in [0.717, 1.165) is 18.8 Å². The van der Waals surface area contributed by atoms with Gasteiger partial charge in [0.15, 0.2) is 6.39 Å². The van der Waals surface area contributed by atoms with E-state index in [2.05, 4.69) is 16.6 Å². The molecule has 4 heteroatoms. The fourth-order valence-corrected chi connectivity index (χ4v) is 2.09. The van der Waals surface area contributed by atoms with Crippen LogP contribution in [0, 0.1) is 0 Å². The highest BCUT2D eigenvalue weighted by atomic mass is 32.2. The van der Waals surface area contributed by atoms with Crippen molar-refractivity contribution >= 4 is 11.8 Å². The van der Waals surface area contributed by atoms with Gasteiger partial charge in [-0.25, -0.2) is 4.98 Å². The topological polar surface area (TPSA) is 38.1 Å². The maximum Gasteiger partial charge on any atom is 0.180 e. The Bertz CT molecular complexity index is 257. The van der Waals surface area contributed by atoms with Crippen LogP contribution in [0.25, 0.3) is 0 Å². The van der Waals surface area contributed by atoms with Gasteiger partial charge in [-0.1, -0.05) is 0 Å². The molecule has 0 saturated heterocycles. The number of thioether (sulfide) groups is 1. The summed E-state index contributed by atoms with van der Waals surface area (Å²) in [6.45, 7) is 1.87. The summed E-state index contributed by atoms with van der Waals surface area (Å²) in [6.07, 6.45) is 8.10. The molecule has 0 atom stereocenters. The standard InChI is InChI=1S/C9H14N2OS/c1-13-9(2-3-9)6-10-4-8-5-11-7-12-8/h5,7,10H,2-4,6H2,1H3. The molecule has 72 valence electrons. The van der Waals surface area contributed by atoms with E-state index in [9.17, 15) is 0 Å². The van der Waals surface area contributed by atoms with Crippen molar-refractivity contribution in [3.63, 3.8) is 0 Å². The zero-order valence-corrected chi connectivity index (χ0v) is 8.56. The summed E-state index contributed by atoms with van der Waals surface area (Å²) >= 11 is 1.97. The number of nitrogens with one attached hydrogen (secondary N) is 1. The van der Waals surface area contributed by atoms with Crippen molar-refractivity contribution in [3.05, 3.63) is 18.4 Å². The number of nitrogens with zero attached hydrogens (tertiary/aromatic N) is 1. The highest BCUT2D eigenvalue weighted by molar-refractivity contribution is 8.00. The molecule has 1 N–H and O–H groups in total. The summed E-state index contributed by atoms with van der Waals surface area (Å²) in [7, 11) is 0. The molecule has 0 unspecified atom stereocenters. The molecule has 1 aromatic rings. The fourth-order valence-electron chi connectivity index (χ4n) is 1.34. The van der Waals surface area contributed by atoms with Gasteiger partial charge in [-0.2, -0.15) is 11.8 Å². The summed E-state index contributed by atoms with van der Waals surface area (Å²) in [5.74, 6) is 0.914. The SMILES string of the molecule is CSC1(CNCc2cnco2)CC1. The third-order valence-corrected chi connectivity index (χ3v) is 3.89. The lowest BCUT2D eigenvalue weighted by Crippen LogP contribution is -2.25. The van der Waals surface area contributed by atoms with Gasteiger partial charge in [0.25, 0.3) is 0 Å². The second kappa shape index (κ2) is 3.72. The van der Waals surface area contributed by atoms with Crippen molar-refractivity contribution < 1.29 is 4.42 Å². The average Bonchev–Trinajstić information content (AvgIpc) is 2.74. The first kappa shape index (κ1) is 9.09. The van der Waals surface area contributed by atoms with Gasteiger partial charge in [-0.3, -0.25) is 0 Å². The molecule has 1 aliphatic carbocycles. The van der Waals surface area contributed by atoms with E-state index >= 15 is 0 Å². The quantitative estimate of drug-likeness (QED) is 0.781. The van der Waals surface area contributed by atoms with Crippen LogP contribution in [0.4, 0.5) is 0 Å². The Kier molecular flexibility index (Phi) is 2.60. The minimum atomic E-state index is 0.528. The zero-order chi connectivity index (χ0) is 9.15. The van der Waals surface area contributed by atoms with Gasteiger partial charge in [-0.15, -0.1) is 0 Å². The van der Waals surface area contributed by atoms with Gasteiger partial charge < -0.3 is 9.73 Å². The van der Waals surface area contributed by atoms with Gasteiger partial charge in [0.1, 0.15) is 5.76 Å². The number of rotatable bonds is 5. The van der Waals surface area contributed by atoms with E-state index in [1.54, 1.807) is 6.20 Å². The average molecular weight is 198 g/mol. The van der Waals surface area contributed by atoms with Gasteiger partial charge in [-0.05, 0) is 19.1 Å². The van der Waals surface area contributed by atoms with Crippen molar-refractivity contribution in [2.24, 2.45) is 0 Å². The highest BCUT2D eigenvalue weighted by Gasteiger charge is 2.41. The molecule has 3 nitrogen and oxygen atoms in total. The minimum Gasteiger partial charge on any atom is -0.447 e. The summed E-state index contributed by atoms with van der Waals surface area (Å²) in [5.41, 5.74) is 0. The lowest BCUT2D eigenvalue weighted by Gasteiger charge is -2.11. The van der Waals surface area contributed by atoms with Crippen LogP contribution in [0.1, 0.15) is 18.6 Å². The van der Waals surface area contributed by atoms with E-state index in [4.69, 9.17) is 4.42 Å². The molecule has 1 aliphatic rings. The van der Waals surface area contributed by atoms with Crippen LogP contribution in [0.15, 0.2) is 17.0 Å². The normalized spacial score (nSPS) is 18.8. The Labute approximate surface area is 82.3 Å². The largest absolute Gasteiger partial charge is 0.447 e. The maximum absolute atomic E-state index is 5.12. The summed E-state index contributed by atoms with van der Waals surface area (Å²) < 4.78 is 5.65. The molecule has 1 aromatic heterocycles. The van der Waals surface area contributed by atoms with Gasteiger partial charge >= 0.3 is 0 Å². The first-order valence-corrected chi connectivity index (χ1v) is 5.70. The molecule has 2 rings (SSSR count). The number of aromatic nitrogens is 1. The van der Waals surface area contributed by atoms with E-state index < -0.39 is 0 Å². The Morgan fingerprint density at radius 3 is 3.08 bits per heavy atom. The van der Waals surface area contributed by atoms with Crippen LogP contribution in [0.2, 0.25) is 0 Å². The lowest BCUT2D eigenvalue weighted by molar-refractivity contribution is 0.478. The molecule has 0 aliphatic heterocycles. The van der Waals surface area contributed by atoms with E-state index in [-0.39, 0.29) is 0 Å². The van der Waals surface area contributed by atoms with E-state index in [1.807, 2.05) is 11.8 Å². The highest BCUT2D eigenvalue weighted by Crippen LogP contribution is 2.46. The molecule has 0 spiro atoms. The maximum atomic E-state index is 5.12. The second-order valence-electron chi connectivity index (χ2n) is 3.46. The smallest absolute Gasteiger partial charge is 0.180 e. The number of hydrogen-bond acceptors (Lipinski definition) is 4. The second-order valence-corrected chi connectivity index (χ2v) is 4.73. The number of hydrogen-bond donors (Lipinski definition) is 1. The van der Waals surface area contributed by atoms with Crippen LogP contribution in [0.3, 0.4) is 0 Å². The Morgan fingerprint density at radius 2 is 2.54 bits per heavy atom. The van der Waals surface area contributed by atoms with Gasteiger partial charge in [0, 0.05) is 11.3 Å². The molecule has 1 saturated carbocycles. The minimum absolute atomic E-state index is 0.528. The molecule has 0 bridgehead atoms. The van der Waals surface area contributed by atoms with Crippen molar-refractivity contribution in [2.45, 2.75) is 24.1 Å². The fraction of sp³-hybridized carbons (Fsp3) is 0.667. The molecular formula is C9H14N2OS. The molecule has 0 radical (unpaired) electrons. The van der Waals surface area contributed by atoms with Crippen molar-refractivity contribution in [1.82, 2.24) is 10.3 Å². The Balaban J connectivity index is 1.70. The van der Waals surface area contributed by atoms with Crippen molar-refractivity contribution in [2.75, 3.05) is 12.8 Å². The van der Waals surface area contributed by atoms with Crippen LogP contribution >= 0.6 is 11.8 Å². The third-order valence-electron chi connectivity index (χ3n) is 2.47. The summed E-state index contributed by atoms with van der Waals surface area (Å²) in [4.78, 5) is 3.86. The predicted molar refractivity (Wildman–Crippen MR) is 53.7 cm³/mol.